The van der Waals surface area contributed by atoms with Crippen molar-refractivity contribution in [1.82, 2.24) is 24.4 Å². The number of imidazole rings is 1. The van der Waals surface area contributed by atoms with E-state index in [1.807, 2.05) is 41.8 Å². The van der Waals surface area contributed by atoms with Gasteiger partial charge in [-0.05, 0) is 87.5 Å². The summed E-state index contributed by atoms with van der Waals surface area (Å²) in [6.45, 7) is 6.18. The van der Waals surface area contributed by atoms with Crippen molar-refractivity contribution in [3.8, 4) is 5.88 Å². The van der Waals surface area contributed by atoms with Crippen LogP contribution in [-0.4, -0.2) is 61.9 Å². The van der Waals surface area contributed by atoms with E-state index in [1.54, 1.807) is 6.07 Å². The second kappa shape index (κ2) is 12.6. The van der Waals surface area contributed by atoms with Crippen LogP contribution in [0, 0.1) is 17.7 Å². The van der Waals surface area contributed by atoms with Crippen molar-refractivity contribution in [2.75, 3.05) is 19.7 Å². The highest BCUT2D eigenvalue weighted by molar-refractivity contribution is 5.99. The van der Waals surface area contributed by atoms with E-state index < -0.39 is 5.91 Å². The van der Waals surface area contributed by atoms with E-state index in [1.165, 1.54) is 6.07 Å². The number of aryl methyl sites for hydroxylation is 1. The number of amides is 1. The lowest BCUT2D eigenvalue weighted by molar-refractivity contribution is -0.0593. The molecule has 2 aliphatic heterocycles. The Bertz CT molecular complexity index is 1750. The molecule has 3 fully saturated rings. The maximum absolute atomic E-state index is 12.4. The molecule has 5 heterocycles. The minimum Gasteiger partial charge on any atom is -0.473 e. The number of Topliss-reactive ketones (excluding diaryl/α,β-unsaturated/α-hetero) is 1. The van der Waals surface area contributed by atoms with Crippen LogP contribution in [0.1, 0.15) is 81.5 Å². The number of hydrogen-bond acceptors (Lipinski definition) is 9. The van der Waals surface area contributed by atoms with Crippen LogP contribution in [0.5, 0.6) is 5.88 Å². The molecule has 3 aliphatic rings. The Morgan fingerprint density at radius 1 is 1.00 bits per heavy atom. The molecule has 1 saturated carbocycles. The number of carbonyl (C=O) groups is 2. The van der Waals surface area contributed by atoms with E-state index in [9.17, 15) is 14.5 Å². The molecule has 11 nitrogen and oxygen atoms in total. The minimum atomic E-state index is -0.887. The Morgan fingerprint density at radius 3 is 2.53 bits per heavy atom. The number of piperidine rings is 1. The van der Waals surface area contributed by atoms with E-state index in [0.29, 0.717) is 42.7 Å². The fraction of sp³-hybridized carbons (Fsp3) is 0.441. The lowest BCUT2D eigenvalue weighted by atomic mass is 9.93. The molecule has 11 heteroatoms. The maximum Gasteiger partial charge on any atom is 0.335 e. The van der Waals surface area contributed by atoms with Crippen molar-refractivity contribution < 1.29 is 19.1 Å². The predicted octanol–water partition coefficient (Wildman–Crippen LogP) is 5.38. The number of benzene rings is 1. The van der Waals surface area contributed by atoms with Crippen molar-refractivity contribution >= 4 is 22.9 Å². The number of aromatic nitrogens is 4. The van der Waals surface area contributed by atoms with Crippen LogP contribution < -0.4 is 4.74 Å². The molecule has 4 aromatic rings. The fourth-order valence-electron chi connectivity index (χ4n) is 6.23. The van der Waals surface area contributed by atoms with E-state index in [2.05, 4.69) is 21.1 Å². The zero-order valence-electron chi connectivity index (χ0n) is 25.4. The normalized spacial score (nSPS) is 18.9. The number of carbonyl (C=O) groups excluding carboxylic acids is 2. The molecule has 0 bridgehead atoms. The lowest BCUT2D eigenvalue weighted by Crippen LogP contribution is -2.35. The topological polar surface area (TPSA) is 129 Å². The number of fused-ring (bicyclic) bond motifs is 1. The molecule has 1 aliphatic carbocycles. The lowest BCUT2D eigenvalue weighted by Gasteiger charge is -2.32. The van der Waals surface area contributed by atoms with Gasteiger partial charge in [-0.2, -0.15) is 0 Å². The largest absolute Gasteiger partial charge is 0.473 e. The van der Waals surface area contributed by atoms with Gasteiger partial charge in [0.15, 0.2) is 11.4 Å². The van der Waals surface area contributed by atoms with Gasteiger partial charge in [-0.25, -0.2) is 15.0 Å². The molecule has 1 aromatic carbocycles. The maximum atomic E-state index is 12.4. The number of likely N-dealkylation sites (tertiary alicyclic amines) is 1. The second-order valence-corrected chi connectivity index (χ2v) is 12.4. The van der Waals surface area contributed by atoms with Gasteiger partial charge < -0.3 is 14.0 Å². The molecular weight excluding hydrogens is 572 g/mol. The Labute approximate surface area is 260 Å². The van der Waals surface area contributed by atoms with Gasteiger partial charge in [0.05, 0.1) is 19.2 Å². The number of pyridine rings is 2. The zero-order chi connectivity index (χ0) is 30.9. The molecule has 1 unspecified atom stereocenters. The fourth-order valence-corrected chi connectivity index (χ4v) is 6.23. The van der Waals surface area contributed by atoms with E-state index >= 15 is 0 Å². The summed E-state index contributed by atoms with van der Waals surface area (Å²) in [5.74, 6) is 1.38. The molecule has 0 spiro atoms. The Hall–Kier alpha value is -4.35. The SMILES string of the molecule is Cc1cc(C(=O)C2CC2)ccc1COc1cccc(C2CCN(Cc3nc4ccc(C(=O)N=O)nc4n3CC3CCO3)CC2)n1. The molecule has 0 N–H and O–H groups in total. The molecular formula is C34H36N6O5. The third kappa shape index (κ3) is 6.41. The van der Waals surface area contributed by atoms with Gasteiger partial charge >= 0.3 is 5.91 Å². The number of ketones is 1. The summed E-state index contributed by atoms with van der Waals surface area (Å²) in [6, 6.07) is 15.1. The molecule has 3 aromatic heterocycles. The molecule has 2 saturated heterocycles. The zero-order valence-corrected chi connectivity index (χ0v) is 25.4. The van der Waals surface area contributed by atoms with Gasteiger partial charge in [0.1, 0.15) is 23.6 Å². The highest BCUT2D eigenvalue weighted by Crippen LogP contribution is 2.33. The quantitative estimate of drug-likeness (QED) is 0.163. The summed E-state index contributed by atoms with van der Waals surface area (Å²) in [4.78, 5) is 51.7. The molecule has 1 atom stereocenters. The third-order valence-corrected chi connectivity index (χ3v) is 9.22. The van der Waals surface area contributed by atoms with Gasteiger partial charge in [-0.3, -0.25) is 14.5 Å². The number of ether oxygens (including phenoxy) is 2. The van der Waals surface area contributed by atoms with Gasteiger partial charge in [0.25, 0.3) is 0 Å². The van der Waals surface area contributed by atoms with Crippen LogP contribution in [-0.2, 0) is 24.4 Å². The number of hydrogen-bond donors (Lipinski definition) is 0. The Kier molecular flexibility index (Phi) is 8.20. The first-order valence-corrected chi connectivity index (χ1v) is 15.8. The van der Waals surface area contributed by atoms with Crippen LogP contribution in [0.3, 0.4) is 0 Å². The van der Waals surface area contributed by atoms with Crippen LogP contribution in [0.2, 0.25) is 0 Å². The summed E-state index contributed by atoms with van der Waals surface area (Å²) in [5.41, 5.74) is 5.22. The molecule has 232 valence electrons. The first kappa shape index (κ1) is 29.4. The number of rotatable bonds is 11. The average molecular weight is 609 g/mol. The first-order valence-electron chi connectivity index (χ1n) is 15.8. The predicted molar refractivity (Wildman–Crippen MR) is 166 cm³/mol. The van der Waals surface area contributed by atoms with Crippen molar-refractivity contribution in [3.63, 3.8) is 0 Å². The second-order valence-electron chi connectivity index (χ2n) is 12.4. The minimum absolute atomic E-state index is 0.0210. The average Bonchev–Trinajstić information content (AvgIpc) is 3.84. The van der Waals surface area contributed by atoms with E-state index in [4.69, 9.17) is 19.4 Å². The van der Waals surface area contributed by atoms with Crippen molar-refractivity contribution in [1.29, 1.82) is 0 Å². The van der Waals surface area contributed by atoms with Crippen LogP contribution in [0.25, 0.3) is 11.2 Å². The van der Waals surface area contributed by atoms with Crippen LogP contribution >= 0.6 is 0 Å². The smallest absolute Gasteiger partial charge is 0.335 e. The molecule has 0 radical (unpaired) electrons. The van der Waals surface area contributed by atoms with Gasteiger partial charge in [-0.15, -0.1) is 4.91 Å². The summed E-state index contributed by atoms with van der Waals surface area (Å²) in [7, 11) is 0. The Balaban J connectivity index is 0.983. The van der Waals surface area contributed by atoms with Gasteiger partial charge in [0.2, 0.25) is 5.88 Å². The molecule has 1 amide bonds. The van der Waals surface area contributed by atoms with Crippen molar-refractivity contribution in [2.45, 2.75) is 70.7 Å². The summed E-state index contributed by atoms with van der Waals surface area (Å²) >= 11 is 0. The highest BCUT2D eigenvalue weighted by atomic mass is 16.5. The molecule has 7 rings (SSSR count). The van der Waals surface area contributed by atoms with Crippen LogP contribution in [0.4, 0.5) is 0 Å². The van der Waals surface area contributed by atoms with Gasteiger partial charge in [-0.1, -0.05) is 18.2 Å². The van der Waals surface area contributed by atoms with Gasteiger partial charge in [0, 0.05) is 40.9 Å². The first-order chi connectivity index (χ1) is 21.9. The monoisotopic (exact) mass is 608 g/mol. The summed E-state index contributed by atoms with van der Waals surface area (Å²) in [5, 5.41) is 2.53. The number of nitrogens with zero attached hydrogens (tertiary/aromatic N) is 6. The van der Waals surface area contributed by atoms with E-state index in [0.717, 1.165) is 80.0 Å². The summed E-state index contributed by atoms with van der Waals surface area (Å²) in [6.07, 6.45) is 4.97. The standard InChI is InChI=1S/C34H36N6O5/c1-21-17-24(32(41)23-5-6-23)7-8-25(21)20-45-31-4-2-3-27(36-31)22-11-14-39(15-12-22)19-30-35-28-9-10-29(34(42)38-43)37-33(28)40(30)18-26-13-16-44-26/h2-4,7-10,17,22-23,26H,5-6,11-16,18-20H2,1H3. The number of nitroso groups, excluding NO2 is 1. The van der Waals surface area contributed by atoms with Crippen LogP contribution in [0.15, 0.2) is 53.7 Å². The van der Waals surface area contributed by atoms with E-state index in [-0.39, 0.29) is 23.5 Å². The Morgan fingerprint density at radius 2 is 1.82 bits per heavy atom. The van der Waals surface area contributed by atoms with Crippen molar-refractivity contribution in [3.05, 3.63) is 87.3 Å². The molecule has 45 heavy (non-hydrogen) atoms. The third-order valence-electron chi connectivity index (χ3n) is 9.22. The highest BCUT2D eigenvalue weighted by Gasteiger charge is 2.30. The van der Waals surface area contributed by atoms with Crippen molar-refractivity contribution in [2.24, 2.45) is 11.1 Å². The summed E-state index contributed by atoms with van der Waals surface area (Å²) < 4.78 is 13.8.